The van der Waals surface area contributed by atoms with E-state index in [4.69, 9.17) is 4.74 Å². The lowest BCUT2D eigenvalue weighted by atomic mass is 9.86. The number of benzene rings is 1. The van der Waals surface area contributed by atoms with Gasteiger partial charge in [0.2, 0.25) is 0 Å². The van der Waals surface area contributed by atoms with Gasteiger partial charge in [-0.2, -0.15) is 0 Å². The zero-order valence-electron chi connectivity index (χ0n) is 10.7. The first-order valence-corrected chi connectivity index (χ1v) is 5.56. The van der Waals surface area contributed by atoms with Crippen molar-refractivity contribution in [1.29, 1.82) is 0 Å². The SMILES string of the molecule is CN(C)[C@H]1c2ccccc2OC(C)(C)[C@@H]1O.Cl. The summed E-state index contributed by atoms with van der Waals surface area (Å²) >= 11 is 0. The van der Waals surface area contributed by atoms with Gasteiger partial charge in [-0.25, -0.2) is 0 Å². The standard InChI is InChI=1S/C13H19NO2.ClH/c1-13(2)12(15)11(14(3)4)9-7-5-6-8-10(9)16-13;/h5-8,11-12,15H,1-4H3;1H/t11-,12+;/m0./s1. The lowest BCUT2D eigenvalue weighted by molar-refractivity contribution is -0.0848. The van der Waals surface area contributed by atoms with E-state index in [0.29, 0.717) is 0 Å². The molecule has 1 aliphatic rings. The topological polar surface area (TPSA) is 32.7 Å². The molecule has 0 aliphatic carbocycles. The molecule has 0 aromatic heterocycles. The van der Waals surface area contributed by atoms with E-state index in [1.54, 1.807) is 0 Å². The summed E-state index contributed by atoms with van der Waals surface area (Å²) in [4.78, 5) is 2.04. The summed E-state index contributed by atoms with van der Waals surface area (Å²) in [7, 11) is 3.96. The van der Waals surface area contributed by atoms with Crippen LogP contribution in [0.15, 0.2) is 24.3 Å². The van der Waals surface area contributed by atoms with E-state index in [2.05, 4.69) is 0 Å². The van der Waals surface area contributed by atoms with Crippen molar-refractivity contribution in [3.05, 3.63) is 29.8 Å². The zero-order valence-corrected chi connectivity index (χ0v) is 11.5. The number of likely N-dealkylation sites (N-methyl/N-ethyl adjacent to an activating group) is 1. The van der Waals surface area contributed by atoms with E-state index in [1.807, 2.05) is 57.1 Å². The fourth-order valence-electron chi connectivity index (χ4n) is 2.27. The Hall–Kier alpha value is -0.770. The summed E-state index contributed by atoms with van der Waals surface area (Å²) < 4.78 is 5.84. The molecule has 1 N–H and O–H groups in total. The molecule has 4 heteroatoms. The first kappa shape index (κ1) is 14.3. The Morgan fingerprint density at radius 3 is 2.41 bits per heavy atom. The van der Waals surface area contributed by atoms with Crippen LogP contribution in [0.3, 0.4) is 0 Å². The minimum absolute atomic E-state index is 0. The van der Waals surface area contributed by atoms with Crippen molar-refractivity contribution < 1.29 is 9.84 Å². The number of hydrogen-bond donors (Lipinski definition) is 1. The molecule has 0 saturated carbocycles. The van der Waals surface area contributed by atoms with Gasteiger partial charge in [0.1, 0.15) is 17.5 Å². The number of aliphatic hydroxyl groups excluding tert-OH is 1. The molecule has 17 heavy (non-hydrogen) atoms. The summed E-state index contributed by atoms with van der Waals surface area (Å²) in [6, 6.07) is 7.89. The highest BCUT2D eigenvalue weighted by Crippen LogP contribution is 2.41. The fourth-order valence-corrected chi connectivity index (χ4v) is 2.27. The number of nitrogens with zero attached hydrogens (tertiary/aromatic N) is 1. The molecule has 96 valence electrons. The van der Waals surface area contributed by atoms with E-state index in [1.165, 1.54) is 0 Å². The Labute approximate surface area is 109 Å². The average molecular weight is 258 g/mol. The summed E-state index contributed by atoms with van der Waals surface area (Å²) in [5.74, 6) is 0.872. The molecule has 0 radical (unpaired) electrons. The van der Waals surface area contributed by atoms with Gasteiger partial charge in [0.25, 0.3) is 0 Å². The van der Waals surface area contributed by atoms with Crippen molar-refractivity contribution in [3.8, 4) is 5.75 Å². The predicted molar refractivity (Wildman–Crippen MR) is 70.8 cm³/mol. The third kappa shape index (κ3) is 2.41. The number of para-hydroxylation sites is 1. The predicted octanol–water partition coefficient (Wildman–Crippen LogP) is 2.24. The summed E-state index contributed by atoms with van der Waals surface area (Å²) in [5.41, 5.74) is 0.503. The lowest BCUT2D eigenvalue weighted by Gasteiger charge is -2.44. The van der Waals surface area contributed by atoms with Crippen LogP contribution >= 0.6 is 12.4 Å². The molecule has 2 atom stereocenters. The minimum Gasteiger partial charge on any atom is -0.485 e. The number of fused-ring (bicyclic) bond motifs is 1. The van der Waals surface area contributed by atoms with Gasteiger partial charge in [-0.05, 0) is 34.0 Å². The van der Waals surface area contributed by atoms with Gasteiger partial charge in [-0.3, -0.25) is 4.90 Å². The summed E-state index contributed by atoms with van der Waals surface area (Å²) in [6.07, 6.45) is -0.530. The van der Waals surface area contributed by atoms with Crippen LogP contribution in [0.5, 0.6) is 5.75 Å². The van der Waals surface area contributed by atoms with Gasteiger partial charge in [0, 0.05) is 5.56 Å². The van der Waals surface area contributed by atoms with Gasteiger partial charge in [0.15, 0.2) is 0 Å². The molecule has 0 amide bonds. The van der Waals surface area contributed by atoms with Gasteiger partial charge >= 0.3 is 0 Å². The number of halogens is 1. The van der Waals surface area contributed by atoms with Gasteiger partial charge in [-0.1, -0.05) is 18.2 Å². The van der Waals surface area contributed by atoms with E-state index in [9.17, 15) is 5.11 Å². The minimum atomic E-state index is -0.552. The maximum absolute atomic E-state index is 10.3. The van der Waals surface area contributed by atoms with Crippen molar-refractivity contribution in [2.75, 3.05) is 14.1 Å². The van der Waals surface area contributed by atoms with Crippen molar-refractivity contribution in [3.63, 3.8) is 0 Å². The third-order valence-electron chi connectivity index (χ3n) is 3.18. The molecule has 0 saturated heterocycles. The monoisotopic (exact) mass is 257 g/mol. The Kier molecular flexibility index (Phi) is 4.07. The van der Waals surface area contributed by atoms with Gasteiger partial charge < -0.3 is 9.84 Å². The Bertz CT molecular complexity index is 393. The molecule has 0 spiro atoms. The Morgan fingerprint density at radius 2 is 1.82 bits per heavy atom. The number of hydrogen-bond acceptors (Lipinski definition) is 3. The molecule has 1 heterocycles. The number of ether oxygens (including phenoxy) is 1. The molecule has 1 aromatic carbocycles. The first-order valence-electron chi connectivity index (χ1n) is 5.56. The molecule has 2 rings (SSSR count). The molecular weight excluding hydrogens is 238 g/mol. The summed E-state index contributed by atoms with van der Waals surface area (Å²) in [5, 5.41) is 10.3. The smallest absolute Gasteiger partial charge is 0.131 e. The van der Waals surface area contributed by atoms with E-state index < -0.39 is 11.7 Å². The van der Waals surface area contributed by atoms with Crippen LogP contribution < -0.4 is 4.74 Å². The van der Waals surface area contributed by atoms with Crippen LogP contribution in [-0.2, 0) is 0 Å². The molecule has 0 bridgehead atoms. The number of rotatable bonds is 1. The first-order chi connectivity index (χ1) is 7.43. The zero-order chi connectivity index (χ0) is 11.9. The maximum atomic E-state index is 10.3. The van der Waals surface area contributed by atoms with Crippen LogP contribution in [0.2, 0.25) is 0 Å². The number of aliphatic hydroxyl groups is 1. The normalized spacial score (nSPS) is 25.8. The third-order valence-corrected chi connectivity index (χ3v) is 3.18. The Morgan fingerprint density at radius 1 is 1.24 bits per heavy atom. The highest BCUT2D eigenvalue weighted by molar-refractivity contribution is 5.85. The van der Waals surface area contributed by atoms with Crippen LogP contribution in [0.1, 0.15) is 25.5 Å². The van der Waals surface area contributed by atoms with Gasteiger partial charge in [-0.15, -0.1) is 12.4 Å². The maximum Gasteiger partial charge on any atom is 0.131 e. The summed E-state index contributed by atoms with van der Waals surface area (Å²) in [6.45, 7) is 3.84. The van der Waals surface area contributed by atoms with E-state index in [0.717, 1.165) is 11.3 Å². The quantitative estimate of drug-likeness (QED) is 0.838. The van der Waals surface area contributed by atoms with Crippen molar-refractivity contribution in [2.24, 2.45) is 0 Å². The van der Waals surface area contributed by atoms with Crippen LogP contribution in [0.25, 0.3) is 0 Å². The molecular formula is C13H20ClNO2. The second kappa shape index (κ2) is 4.84. The van der Waals surface area contributed by atoms with Gasteiger partial charge in [0.05, 0.1) is 6.04 Å². The highest BCUT2D eigenvalue weighted by atomic mass is 35.5. The largest absolute Gasteiger partial charge is 0.485 e. The van der Waals surface area contributed by atoms with Crippen LogP contribution in [0, 0.1) is 0 Å². The van der Waals surface area contributed by atoms with E-state index in [-0.39, 0.29) is 18.4 Å². The molecule has 0 unspecified atom stereocenters. The second-order valence-electron chi connectivity index (χ2n) is 5.10. The van der Waals surface area contributed by atoms with Crippen molar-refractivity contribution in [1.82, 2.24) is 4.90 Å². The van der Waals surface area contributed by atoms with Crippen molar-refractivity contribution >= 4 is 12.4 Å². The van der Waals surface area contributed by atoms with E-state index >= 15 is 0 Å². The fraction of sp³-hybridized carbons (Fsp3) is 0.538. The highest BCUT2D eigenvalue weighted by Gasteiger charge is 2.43. The Balaban J connectivity index is 0.00000144. The molecule has 1 aliphatic heterocycles. The van der Waals surface area contributed by atoms with Crippen LogP contribution in [-0.4, -0.2) is 35.8 Å². The average Bonchev–Trinajstić information content (AvgIpc) is 2.18. The van der Waals surface area contributed by atoms with Crippen LogP contribution in [0.4, 0.5) is 0 Å². The molecule has 0 fully saturated rings. The van der Waals surface area contributed by atoms with Crippen molar-refractivity contribution in [2.45, 2.75) is 31.6 Å². The molecule has 1 aromatic rings. The molecule has 3 nitrogen and oxygen atoms in total. The second-order valence-corrected chi connectivity index (χ2v) is 5.10. The lowest BCUT2D eigenvalue weighted by Crippen LogP contribution is -2.52.